The van der Waals surface area contributed by atoms with Crippen LogP contribution in [0.1, 0.15) is 32.6 Å². The van der Waals surface area contributed by atoms with E-state index in [0.29, 0.717) is 12.6 Å². The molecule has 1 unspecified atom stereocenters. The highest BCUT2D eigenvalue weighted by molar-refractivity contribution is 5.27. The predicted molar refractivity (Wildman–Crippen MR) is 69.1 cm³/mol. The lowest BCUT2D eigenvalue weighted by Crippen LogP contribution is -2.23. The Labute approximate surface area is 103 Å². The standard InChI is InChI=1S/C13H23N3O/c1-11(10-17-2)15-13-14-7-9-16(13)8-6-12-4-3-5-12/h7,9,11-12H,3-6,8,10H2,1-2H3,(H,14,15). The number of imidazole rings is 1. The second-order valence-electron chi connectivity index (χ2n) is 5.03. The van der Waals surface area contributed by atoms with Crippen LogP contribution in [-0.4, -0.2) is 29.3 Å². The Hall–Kier alpha value is -1.03. The van der Waals surface area contributed by atoms with Crippen molar-refractivity contribution >= 4 is 5.95 Å². The Kier molecular flexibility index (Phi) is 4.42. The van der Waals surface area contributed by atoms with Gasteiger partial charge in [-0.1, -0.05) is 19.3 Å². The highest BCUT2D eigenvalue weighted by Gasteiger charge is 2.17. The first-order valence-corrected chi connectivity index (χ1v) is 6.56. The average Bonchev–Trinajstić information content (AvgIpc) is 2.64. The highest BCUT2D eigenvalue weighted by Crippen LogP contribution is 2.30. The molecule has 1 fully saturated rings. The van der Waals surface area contributed by atoms with Gasteiger partial charge in [0.2, 0.25) is 5.95 Å². The smallest absolute Gasteiger partial charge is 0.203 e. The van der Waals surface area contributed by atoms with Gasteiger partial charge in [-0.15, -0.1) is 0 Å². The van der Waals surface area contributed by atoms with E-state index in [-0.39, 0.29) is 0 Å². The molecule has 96 valence electrons. The van der Waals surface area contributed by atoms with Crippen LogP contribution in [-0.2, 0) is 11.3 Å². The van der Waals surface area contributed by atoms with Crippen molar-refractivity contribution in [3.05, 3.63) is 12.4 Å². The van der Waals surface area contributed by atoms with Gasteiger partial charge in [-0.2, -0.15) is 0 Å². The topological polar surface area (TPSA) is 39.1 Å². The third kappa shape index (κ3) is 3.46. The minimum atomic E-state index is 0.296. The van der Waals surface area contributed by atoms with Crippen LogP contribution >= 0.6 is 0 Å². The SMILES string of the molecule is COCC(C)Nc1nccn1CCC1CCC1. The maximum atomic E-state index is 5.12. The van der Waals surface area contributed by atoms with Gasteiger partial charge < -0.3 is 14.6 Å². The third-order valence-corrected chi connectivity index (χ3v) is 3.51. The van der Waals surface area contributed by atoms with Gasteiger partial charge in [-0.3, -0.25) is 0 Å². The van der Waals surface area contributed by atoms with Crippen LogP contribution in [0.25, 0.3) is 0 Å². The van der Waals surface area contributed by atoms with E-state index in [1.165, 1.54) is 25.7 Å². The first-order valence-electron chi connectivity index (χ1n) is 6.56. The molecule has 0 aliphatic heterocycles. The quantitative estimate of drug-likeness (QED) is 0.792. The van der Waals surface area contributed by atoms with Crippen molar-refractivity contribution in [3.63, 3.8) is 0 Å². The van der Waals surface area contributed by atoms with E-state index in [1.807, 2.05) is 6.20 Å². The number of methoxy groups -OCH3 is 1. The number of hydrogen-bond donors (Lipinski definition) is 1. The van der Waals surface area contributed by atoms with Crippen LogP contribution < -0.4 is 5.32 Å². The average molecular weight is 237 g/mol. The van der Waals surface area contributed by atoms with Crippen LogP contribution in [0, 0.1) is 5.92 Å². The molecule has 0 radical (unpaired) electrons. The third-order valence-electron chi connectivity index (χ3n) is 3.51. The molecule has 1 atom stereocenters. The van der Waals surface area contributed by atoms with E-state index in [0.717, 1.165) is 18.4 Å². The minimum absolute atomic E-state index is 0.296. The normalized spacial score (nSPS) is 17.8. The summed E-state index contributed by atoms with van der Waals surface area (Å²) in [5.74, 6) is 1.91. The van der Waals surface area contributed by atoms with Gasteiger partial charge in [-0.05, 0) is 19.3 Å². The lowest BCUT2D eigenvalue weighted by atomic mass is 9.83. The summed E-state index contributed by atoms with van der Waals surface area (Å²) in [4.78, 5) is 4.36. The molecule has 1 aromatic rings. The summed E-state index contributed by atoms with van der Waals surface area (Å²) in [5.41, 5.74) is 0. The van der Waals surface area contributed by atoms with E-state index in [9.17, 15) is 0 Å². The molecule has 0 aromatic carbocycles. The zero-order valence-corrected chi connectivity index (χ0v) is 10.9. The largest absolute Gasteiger partial charge is 0.383 e. The van der Waals surface area contributed by atoms with Crippen molar-refractivity contribution in [3.8, 4) is 0 Å². The van der Waals surface area contributed by atoms with Crippen LogP contribution in [0.15, 0.2) is 12.4 Å². The Balaban J connectivity index is 1.82. The summed E-state index contributed by atoms with van der Waals surface area (Å²) in [5, 5.41) is 3.38. The summed E-state index contributed by atoms with van der Waals surface area (Å²) in [6.07, 6.45) is 9.45. The van der Waals surface area contributed by atoms with E-state index in [2.05, 4.69) is 28.0 Å². The van der Waals surface area contributed by atoms with Crippen LogP contribution in [0.2, 0.25) is 0 Å². The van der Waals surface area contributed by atoms with Gasteiger partial charge in [0.15, 0.2) is 0 Å². The van der Waals surface area contributed by atoms with Gasteiger partial charge in [0.25, 0.3) is 0 Å². The number of hydrogen-bond acceptors (Lipinski definition) is 3. The number of ether oxygens (including phenoxy) is 1. The molecular formula is C13H23N3O. The van der Waals surface area contributed by atoms with E-state index in [4.69, 9.17) is 4.74 Å². The molecule has 0 spiro atoms. The summed E-state index contributed by atoms with van der Waals surface area (Å²) in [6, 6.07) is 0.296. The first kappa shape index (κ1) is 12.4. The summed E-state index contributed by atoms with van der Waals surface area (Å²) < 4.78 is 7.33. The van der Waals surface area contributed by atoms with Crippen molar-refractivity contribution < 1.29 is 4.74 Å². The molecule has 4 heteroatoms. The highest BCUT2D eigenvalue weighted by atomic mass is 16.5. The van der Waals surface area contributed by atoms with Crippen LogP contribution in [0.3, 0.4) is 0 Å². The van der Waals surface area contributed by atoms with Gasteiger partial charge in [0.1, 0.15) is 0 Å². The Morgan fingerprint density at radius 1 is 1.59 bits per heavy atom. The fraction of sp³-hybridized carbons (Fsp3) is 0.769. The molecule has 1 aliphatic carbocycles. The molecule has 1 aromatic heterocycles. The fourth-order valence-corrected chi connectivity index (χ4v) is 2.24. The molecule has 0 saturated heterocycles. The van der Waals surface area contributed by atoms with Crippen LogP contribution in [0.4, 0.5) is 5.95 Å². The van der Waals surface area contributed by atoms with Gasteiger partial charge in [0.05, 0.1) is 6.61 Å². The van der Waals surface area contributed by atoms with E-state index < -0.39 is 0 Å². The minimum Gasteiger partial charge on any atom is -0.383 e. The van der Waals surface area contributed by atoms with Crippen molar-refractivity contribution in [2.24, 2.45) is 5.92 Å². The molecule has 1 aliphatic rings. The lowest BCUT2D eigenvalue weighted by molar-refractivity contribution is 0.190. The number of aromatic nitrogens is 2. The maximum Gasteiger partial charge on any atom is 0.203 e. The molecule has 0 bridgehead atoms. The maximum absolute atomic E-state index is 5.12. The van der Waals surface area contributed by atoms with Crippen molar-refractivity contribution in [1.29, 1.82) is 0 Å². The Morgan fingerprint density at radius 3 is 3.06 bits per heavy atom. The molecule has 17 heavy (non-hydrogen) atoms. The number of anilines is 1. The Bertz CT molecular complexity index is 333. The summed E-state index contributed by atoms with van der Waals surface area (Å²) in [6.45, 7) is 3.89. The van der Waals surface area contributed by atoms with Gasteiger partial charge in [-0.25, -0.2) is 4.98 Å². The number of nitrogens with zero attached hydrogens (tertiary/aromatic N) is 2. The molecule has 1 heterocycles. The lowest BCUT2D eigenvalue weighted by Gasteiger charge is -2.25. The molecule has 1 saturated carbocycles. The van der Waals surface area contributed by atoms with Gasteiger partial charge >= 0.3 is 0 Å². The second kappa shape index (κ2) is 6.05. The zero-order valence-electron chi connectivity index (χ0n) is 10.9. The second-order valence-corrected chi connectivity index (χ2v) is 5.03. The zero-order chi connectivity index (χ0) is 12.1. The van der Waals surface area contributed by atoms with Crippen molar-refractivity contribution in [1.82, 2.24) is 9.55 Å². The number of aryl methyl sites for hydroxylation is 1. The van der Waals surface area contributed by atoms with E-state index in [1.54, 1.807) is 7.11 Å². The summed E-state index contributed by atoms with van der Waals surface area (Å²) >= 11 is 0. The number of rotatable bonds is 7. The molecule has 1 N–H and O–H groups in total. The fourth-order valence-electron chi connectivity index (χ4n) is 2.24. The Morgan fingerprint density at radius 2 is 2.41 bits per heavy atom. The van der Waals surface area contributed by atoms with Crippen molar-refractivity contribution in [2.75, 3.05) is 19.0 Å². The predicted octanol–water partition coefficient (Wildman–Crippen LogP) is 2.52. The first-order chi connectivity index (χ1) is 8.29. The molecule has 4 nitrogen and oxygen atoms in total. The summed E-state index contributed by atoms with van der Waals surface area (Å²) in [7, 11) is 1.72. The monoisotopic (exact) mass is 237 g/mol. The molecular weight excluding hydrogens is 214 g/mol. The van der Waals surface area contributed by atoms with Crippen LogP contribution in [0.5, 0.6) is 0 Å². The van der Waals surface area contributed by atoms with Crippen molar-refractivity contribution in [2.45, 2.75) is 45.2 Å². The van der Waals surface area contributed by atoms with Gasteiger partial charge in [0, 0.05) is 32.1 Å². The van der Waals surface area contributed by atoms with E-state index >= 15 is 0 Å². The molecule has 2 rings (SSSR count). The number of nitrogens with one attached hydrogen (secondary N) is 1. The molecule has 0 amide bonds.